The Labute approximate surface area is 102 Å². The van der Waals surface area contributed by atoms with E-state index in [0.717, 1.165) is 12.0 Å². The van der Waals surface area contributed by atoms with Gasteiger partial charge in [0.15, 0.2) is 11.6 Å². The highest BCUT2D eigenvalue weighted by Crippen LogP contribution is 2.26. The number of halogens is 1. The highest BCUT2D eigenvalue weighted by atomic mass is 19.1. The van der Waals surface area contributed by atoms with Gasteiger partial charge in [-0.15, -0.1) is 0 Å². The minimum absolute atomic E-state index is 0.0374. The molecule has 0 spiro atoms. The Morgan fingerprint density at radius 3 is 2.53 bits per heavy atom. The van der Waals surface area contributed by atoms with E-state index in [1.165, 1.54) is 13.2 Å². The van der Waals surface area contributed by atoms with Gasteiger partial charge in [-0.1, -0.05) is 6.07 Å². The minimum atomic E-state index is -0.347. The Bertz CT molecular complexity index is 374. The topological polar surface area (TPSA) is 47.3 Å². The number of ether oxygens (including phenoxy) is 1. The molecule has 1 aromatic carbocycles. The Morgan fingerprint density at radius 1 is 1.47 bits per heavy atom. The third kappa shape index (κ3) is 3.98. The summed E-state index contributed by atoms with van der Waals surface area (Å²) in [4.78, 5) is 0. The van der Waals surface area contributed by atoms with Crippen molar-refractivity contribution < 1.29 is 9.13 Å². The fourth-order valence-electron chi connectivity index (χ4n) is 1.81. The lowest BCUT2D eigenvalue weighted by atomic mass is 9.92. The Kier molecular flexibility index (Phi) is 4.48. The van der Waals surface area contributed by atoms with Gasteiger partial charge in [-0.2, -0.15) is 0 Å². The fraction of sp³-hybridized carbons (Fsp3) is 0.538. The van der Waals surface area contributed by atoms with E-state index < -0.39 is 0 Å². The molecule has 4 heteroatoms. The number of hydrogen-bond acceptors (Lipinski definition) is 3. The molecule has 1 unspecified atom stereocenters. The van der Waals surface area contributed by atoms with E-state index in [0.29, 0.717) is 0 Å². The van der Waals surface area contributed by atoms with Crippen molar-refractivity contribution >= 4 is 0 Å². The Morgan fingerprint density at radius 2 is 2.12 bits per heavy atom. The van der Waals surface area contributed by atoms with Gasteiger partial charge in [-0.05, 0) is 45.0 Å². The number of rotatable bonds is 5. The van der Waals surface area contributed by atoms with Crippen LogP contribution in [-0.4, -0.2) is 19.7 Å². The van der Waals surface area contributed by atoms with Crippen molar-refractivity contribution in [2.24, 2.45) is 5.73 Å². The van der Waals surface area contributed by atoms with E-state index >= 15 is 0 Å². The second-order valence-electron chi connectivity index (χ2n) is 4.93. The summed E-state index contributed by atoms with van der Waals surface area (Å²) >= 11 is 0. The molecule has 0 fully saturated rings. The Hall–Kier alpha value is -1.13. The van der Waals surface area contributed by atoms with Crippen LogP contribution in [0.25, 0.3) is 0 Å². The van der Waals surface area contributed by atoms with Crippen LogP contribution in [-0.2, 0) is 0 Å². The van der Waals surface area contributed by atoms with Crippen molar-refractivity contribution in [2.45, 2.75) is 31.8 Å². The van der Waals surface area contributed by atoms with Crippen molar-refractivity contribution in [3.63, 3.8) is 0 Å². The lowest BCUT2D eigenvalue weighted by Gasteiger charge is -2.26. The van der Waals surface area contributed by atoms with Crippen molar-refractivity contribution in [3.8, 4) is 5.75 Å². The van der Waals surface area contributed by atoms with E-state index in [2.05, 4.69) is 5.32 Å². The van der Waals surface area contributed by atoms with Gasteiger partial charge in [0.05, 0.1) is 7.11 Å². The third-order valence-corrected chi connectivity index (χ3v) is 2.66. The van der Waals surface area contributed by atoms with Gasteiger partial charge in [-0.25, -0.2) is 4.39 Å². The molecule has 0 aromatic heterocycles. The summed E-state index contributed by atoms with van der Waals surface area (Å²) in [5.74, 6) is -0.0873. The number of nitrogens with one attached hydrogen (secondary N) is 1. The van der Waals surface area contributed by atoms with Crippen LogP contribution in [0.1, 0.15) is 31.9 Å². The molecule has 17 heavy (non-hydrogen) atoms. The number of nitrogens with two attached hydrogens (primary N) is 1. The van der Waals surface area contributed by atoms with E-state index in [1.54, 1.807) is 6.07 Å². The van der Waals surface area contributed by atoms with Gasteiger partial charge in [0.25, 0.3) is 0 Å². The lowest BCUT2D eigenvalue weighted by Crippen LogP contribution is -2.36. The maximum atomic E-state index is 13.6. The zero-order valence-electron chi connectivity index (χ0n) is 10.9. The van der Waals surface area contributed by atoms with Gasteiger partial charge in [0.2, 0.25) is 0 Å². The molecule has 3 nitrogen and oxygen atoms in total. The zero-order valence-corrected chi connectivity index (χ0v) is 10.9. The van der Waals surface area contributed by atoms with E-state index in [9.17, 15) is 4.39 Å². The molecular formula is C13H21FN2O. The summed E-state index contributed by atoms with van der Waals surface area (Å²) in [6.07, 6.45) is 0.731. The molecule has 0 saturated heterocycles. The van der Waals surface area contributed by atoms with E-state index in [-0.39, 0.29) is 23.1 Å². The van der Waals surface area contributed by atoms with E-state index in [1.807, 2.05) is 27.0 Å². The Balaban J connectivity index is 2.93. The van der Waals surface area contributed by atoms with Crippen LogP contribution in [0.15, 0.2) is 18.2 Å². The minimum Gasteiger partial charge on any atom is -0.494 e. The number of benzene rings is 1. The van der Waals surface area contributed by atoms with Crippen LogP contribution in [0.2, 0.25) is 0 Å². The van der Waals surface area contributed by atoms with Crippen molar-refractivity contribution in [2.75, 3.05) is 14.2 Å². The molecule has 0 heterocycles. The third-order valence-electron chi connectivity index (χ3n) is 2.66. The lowest BCUT2D eigenvalue weighted by molar-refractivity contribution is 0.379. The molecule has 3 N–H and O–H groups in total. The quantitative estimate of drug-likeness (QED) is 0.829. The molecule has 0 bridgehead atoms. The first-order valence-electron chi connectivity index (χ1n) is 5.67. The zero-order chi connectivity index (χ0) is 13.1. The molecule has 96 valence electrons. The predicted octanol–water partition coefficient (Wildman–Crippen LogP) is 2.22. The van der Waals surface area contributed by atoms with Crippen molar-refractivity contribution in [1.29, 1.82) is 0 Å². The smallest absolute Gasteiger partial charge is 0.165 e. The second-order valence-corrected chi connectivity index (χ2v) is 4.93. The first kappa shape index (κ1) is 13.9. The average molecular weight is 240 g/mol. The molecule has 1 aromatic rings. The fourth-order valence-corrected chi connectivity index (χ4v) is 1.81. The van der Waals surface area contributed by atoms with E-state index in [4.69, 9.17) is 10.5 Å². The van der Waals surface area contributed by atoms with Crippen molar-refractivity contribution in [3.05, 3.63) is 29.6 Å². The largest absolute Gasteiger partial charge is 0.494 e. The average Bonchev–Trinajstić information content (AvgIpc) is 2.24. The first-order chi connectivity index (χ1) is 7.87. The molecule has 0 aliphatic heterocycles. The molecule has 1 atom stereocenters. The molecule has 0 saturated carbocycles. The van der Waals surface area contributed by atoms with Gasteiger partial charge < -0.3 is 15.8 Å². The molecule has 0 aliphatic rings. The molecule has 0 amide bonds. The van der Waals surface area contributed by atoms with Crippen LogP contribution >= 0.6 is 0 Å². The molecular weight excluding hydrogens is 219 g/mol. The molecule has 0 radical (unpaired) electrons. The van der Waals surface area contributed by atoms with Crippen LogP contribution in [0.5, 0.6) is 5.75 Å². The second kappa shape index (κ2) is 5.47. The highest BCUT2D eigenvalue weighted by Gasteiger charge is 2.20. The number of hydrogen-bond donors (Lipinski definition) is 2. The monoisotopic (exact) mass is 240 g/mol. The number of methoxy groups -OCH3 is 1. The van der Waals surface area contributed by atoms with Crippen LogP contribution in [0.3, 0.4) is 0 Å². The summed E-state index contributed by atoms with van der Waals surface area (Å²) in [6, 6.07) is 5.02. The van der Waals surface area contributed by atoms with Gasteiger partial charge in [0, 0.05) is 11.6 Å². The predicted molar refractivity (Wildman–Crippen MR) is 67.6 cm³/mol. The summed E-state index contributed by atoms with van der Waals surface area (Å²) in [5, 5.41) is 3.15. The summed E-state index contributed by atoms with van der Waals surface area (Å²) in [7, 11) is 3.30. The van der Waals surface area contributed by atoms with Gasteiger partial charge >= 0.3 is 0 Å². The molecule has 0 aliphatic carbocycles. The van der Waals surface area contributed by atoms with Gasteiger partial charge in [-0.3, -0.25) is 0 Å². The maximum Gasteiger partial charge on any atom is 0.165 e. The molecule has 1 rings (SSSR count). The normalized spacial score (nSPS) is 13.5. The summed E-state index contributed by atoms with van der Waals surface area (Å²) < 4.78 is 18.5. The van der Waals surface area contributed by atoms with Gasteiger partial charge in [0.1, 0.15) is 0 Å². The first-order valence-corrected chi connectivity index (χ1v) is 5.67. The summed E-state index contributed by atoms with van der Waals surface area (Å²) in [6.45, 7) is 3.91. The highest BCUT2D eigenvalue weighted by molar-refractivity contribution is 5.31. The van der Waals surface area contributed by atoms with Crippen LogP contribution < -0.4 is 15.8 Å². The van der Waals surface area contributed by atoms with Crippen molar-refractivity contribution in [1.82, 2.24) is 5.32 Å². The van der Waals surface area contributed by atoms with Crippen LogP contribution in [0.4, 0.5) is 4.39 Å². The van der Waals surface area contributed by atoms with Crippen LogP contribution in [0, 0.1) is 5.82 Å². The maximum absolute atomic E-state index is 13.6. The SMILES string of the molecule is CNC(CC(C)(C)N)c1ccc(OC)c(F)c1. The standard InChI is InChI=1S/C13H21FN2O/c1-13(2,15)8-11(16-3)9-5-6-12(17-4)10(14)7-9/h5-7,11,16H,8,15H2,1-4H3. The summed E-state index contributed by atoms with van der Waals surface area (Å²) in [5.41, 5.74) is 6.56.